The average Bonchev–Trinajstić information content (AvgIpc) is 2.56. The van der Waals surface area contributed by atoms with Gasteiger partial charge in [-0.25, -0.2) is 0 Å². The summed E-state index contributed by atoms with van der Waals surface area (Å²) >= 11 is 0. The zero-order valence-corrected chi connectivity index (χ0v) is 46.0. The zero-order chi connectivity index (χ0) is 56.0. The highest BCUT2D eigenvalue weighted by atomic mass is 16.3. The monoisotopic (exact) mass is 1090 g/mol. The fourth-order valence-electron chi connectivity index (χ4n) is 13.1. The normalized spacial score (nSPS) is 11.8. The van der Waals surface area contributed by atoms with Crippen LogP contribution in [0, 0.1) is 0 Å². The van der Waals surface area contributed by atoms with E-state index in [0.29, 0.717) is 0 Å². The standard InChI is InChI=1S/C80H50N2O3/c1-5-19-51(20-6-1)55-27-13-29-59(47-55)81(71-37-17-35-69-67-33-15-31-65(77(67)84-79(69)71)53-23-9-3-10-24-53)61-41-43-63-57(49-61)39-45-73-75(63)76-64-44-42-62(50-58(64)40-46-74(76)83-73)82(60-30-14-28-56(48-60)52-21-7-2-8-22-52)72-38-18-36-70-68-34-16-32-66(78(68)85-80(70)72)54-25-11-4-12-26-54/h1-50H. The maximum atomic E-state index is 7.12. The Hall–Kier alpha value is -11.4. The Morgan fingerprint density at radius 2 is 0.565 bits per heavy atom. The summed E-state index contributed by atoms with van der Waals surface area (Å²) in [6.45, 7) is 0. The lowest BCUT2D eigenvalue weighted by Gasteiger charge is -2.26. The SMILES string of the molecule is c1ccc(-c2cccc(N(c3ccc4c(ccc5oc6ccc7cc(N(c8cccc(-c9ccccc9)c8)c8cccc9c8oc8c(-c%10ccccc%10)cccc89)ccc7c6c54)c3)c3cccc4c3oc3c(-c5ccccc5)cccc34)c2)cc1. The van der Waals surface area contributed by atoms with Gasteiger partial charge >= 0.3 is 0 Å². The number of benzene rings is 14. The highest BCUT2D eigenvalue weighted by molar-refractivity contribution is 6.27. The Morgan fingerprint density at radius 1 is 0.212 bits per heavy atom. The molecule has 0 bridgehead atoms. The van der Waals surface area contributed by atoms with E-state index in [2.05, 4.69) is 313 Å². The third-order valence-corrected chi connectivity index (χ3v) is 17.0. The van der Waals surface area contributed by atoms with Crippen molar-refractivity contribution < 1.29 is 13.3 Å². The highest BCUT2D eigenvalue weighted by Crippen LogP contribution is 2.49. The number of rotatable bonds is 10. The van der Waals surface area contributed by atoms with Crippen molar-refractivity contribution in [3.63, 3.8) is 0 Å². The lowest BCUT2D eigenvalue weighted by atomic mass is 9.98. The molecule has 17 rings (SSSR count). The Labute approximate surface area is 489 Å². The number of fused-ring (bicyclic) bond motifs is 13. The predicted molar refractivity (Wildman–Crippen MR) is 354 cm³/mol. The number of hydrogen-bond donors (Lipinski definition) is 0. The van der Waals surface area contributed by atoms with Crippen LogP contribution in [0.25, 0.3) is 132 Å². The second-order valence-corrected chi connectivity index (χ2v) is 21.9. The second kappa shape index (κ2) is 19.7. The van der Waals surface area contributed by atoms with Crippen molar-refractivity contribution in [3.05, 3.63) is 303 Å². The van der Waals surface area contributed by atoms with E-state index < -0.39 is 0 Å². The molecule has 0 radical (unpaired) electrons. The molecule has 3 heterocycles. The topological polar surface area (TPSA) is 45.9 Å². The summed E-state index contributed by atoms with van der Waals surface area (Å²) < 4.78 is 21.0. The fourth-order valence-corrected chi connectivity index (χ4v) is 13.1. The van der Waals surface area contributed by atoms with Gasteiger partial charge in [0, 0.05) is 66.2 Å². The summed E-state index contributed by atoms with van der Waals surface area (Å²) in [5.74, 6) is 0. The number of hydrogen-bond acceptors (Lipinski definition) is 5. The van der Waals surface area contributed by atoms with Crippen molar-refractivity contribution in [1.82, 2.24) is 0 Å². The molecule has 14 aromatic carbocycles. The molecule has 0 saturated heterocycles. The van der Waals surface area contributed by atoms with E-state index in [1.807, 2.05) is 0 Å². The minimum Gasteiger partial charge on any atom is -0.456 e. The van der Waals surface area contributed by atoms with Gasteiger partial charge in [-0.1, -0.05) is 231 Å². The molecule has 0 amide bonds. The summed E-state index contributed by atoms with van der Waals surface area (Å²) in [7, 11) is 0. The van der Waals surface area contributed by atoms with E-state index in [9.17, 15) is 0 Å². The van der Waals surface area contributed by atoms with Crippen LogP contribution in [0.5, 0.6) is 0 Å². The summed E-state index contributed by atoms with van der Waals surface area (Å²) in [6.07, 6.45) is 0. The van der Waals surface area contributed by atoms with Crippen LogP contribution in [-0.4, -0.2) is 0 Å². The quantitative estimate of drug-likeness (QED) is 0.137. The maximum absolute atomic E-state index is 7.12. The minimum absolute atomic E-state index is 0.821. The number of anilines is 6. The Kier molecular flexibility index (Phi) is 11.2. The van der Waals surface area contributed by atoms with Crippen molar-refractivity contribution in [3.8, 4) is 44.5 Å². The van der Waals surface area contributed by atoms with E-state index >= 15 is 0 Å². The Morgan fingerprint density at radius 3 is 0.988 bits per heavy atom. The molecule has 85 heavy (non-hydrogen) atoms. The van der Waals surface area contributed by atoms with Crippen LogP contribution < -0.4 is 9.80 Å². The van der Waals surface area contributed by atoms with Crippen molar-refractivity contribution >= 4 is 121 Å². The van der Waals surface area contributed by atoms with Crippen LogP contribution in [0.2, 0.25) is 0 Å². The van der Waals surface area contributed by atoms with Crippen molar-refractivity contribution in [2.75, 3.05) is 9.80 Å². The zero-order valence-electron chi connectivity index (χ0n) is 46.0. The molecular formula is C80H50N2O3. The first-order valence-corrected chi connectivity index (χ1v) is 28.9. The van der Waals surface area contributed by atoms with Gasteiger partial charge in [-0.15, -0.1) is 0 Å². The van der Waals surface area contributed by atoms with Crippen LogP contribution in [0.1, 0.15) is 0 Å². The summed E-state index contributed by atoms with van der Waals surface area (Å²) in [5.41, 5.74) is 19.9. The van der Waals surface area contributed by atoms with E-state index in [-0.39, 0.29) is 0 Å². The van der Waals surface area contributed by atoms with Crippen LogP contribution >= 0.6 is 0 Å². The van der Waals surface area contributed by atoms with E-state index in [1.54, 1.807) is 0 Å². The van der Waals surface area contributed by atoms with Crippen molar-refractivity contribution in [2.45, 2.75) is 0 Å². The lowest BCUT2D eigenvalue weighted by molar-refractivity contribution is 0.669. The van der Waals surface area contributed by atoms with Gasteiger partial charge in [0.1, 0.15) is 22.3 Å². The molecular weight excluding hydrogens is 1040 g/mol. The molecule has 0 aliphatic carbocycles. The van der Waals surface area contributed by atoms with Crippen molar-refractivity contribution in [2.24, 2.45) is 0 Å². The molecule has 5 heteroatoms. The molecule has 0 N–H and O–H groups in total. The largest absolute Gasteiger partial charge is 0.456 e. The third-order valence-electron chi connectivity index (χ3n) is 17.0. The van der Waals surface area contributed by atoms with Crippen LogP contribution in [0.15, 0.2) is 317 Å². The molecule has 3 aromatic heterocycles. The van der Waals surface area contributed by atoms with E-state index in [1.165, 1.54) is 0 Å². The Bertz CT molecular complexity index is 5090. The number of nitrogens with zero attached hydrogens (tertiary/aromatic N) is 2. The summed E-state index contributed by atoms with van der Waals surface area (Å²) in [5, 5.41) is 10.8. The molecule has 398 valence electrons. The van der Waals surface area contributed by atoms with Gasteiger partial charge in [0.2, 0.25) is 0 Å². The van der Waals surface area contributed by atoms with Gasteiger partial charge in [-0.3, -0.25) is 0 Å². The predicted octanol–water partition coefficient (Wildman–Crippen LogP) is 23.3. The van der Waals surface area contributed by atoms with Gasteiger partial charge in [-0.05, 0) is 128 Å². The van der Waals surface area contributed by atoms with Gasteiger partial charge in [0.05, 0.1) is 11.4 Å². The number of furan rings is 3. The van der Waals surface area contributed by atoms with E-state index in [4.69, 9.17) is 13.3 Å². The second-order valence-electron chi connectivity index (χ2n) is 21.9. The molecule has 0 unspecified atom stereocenters. The highest BCUT2D eigenvalue weighted by Gasteiger charge is 2.25. The molecule has 0 aliphatic heterocycles. The molecule has 0 saturated carbocycles. The van der Waals surface area contributed by atoms with Crippen LogP contribution in [0.4, 0.5) is 34.1 Å². The van der Waals surface area contributed by atoms with Gasteiger partial charge < -0.3 is 23.1 Å². The van der Waals surface area contributed by atoms with Gasteiger partial charge in [0.15, 0.2) is 11.2 Å². The summed E-state index contributed by atoms with van der Waals surface area (Å²) in [4.78, 5) is 4.70. The molecule has 5 nitrogen and oxygen atoms in total. The molecule has 17 aromatic rings. The van der Waals surface area contributed by atoms with Crippen LogP contribution in [0.3, 0.4) is 0 Å². The number of para-hydroxylation sites is 4. The molecule has 0 aliphatic rings. The van der Waals surface area contributed by atoms with E-state index in [0.717, 1.165) is 166 Å². The first kappa shape index (κ1) is 48.3. The average molecular weight is 1090 g/mol. The lowest BCUT2D eigenvalue weighted by Crippen LogP contribution is -2.10. The van der Waals surface area contributed by atoms with Crippen LogP contribution in [-0.2, 0) is 0 Å². The van der Waals surface area contributed by atoms with Gasteiger partial charge in [0.25, 0.3) is 0 Å². The minimum atomic E-state index is 0.821. The maximum Gasteiger partial charge on any atom is 0.159 e. The third kappa shape index (κ3) is 8.01. The smallest absolute Gasteiger partial charge is 0.159 e. The first-order chi connectivity index (χ1) is 42.1. The molecule has 0 atom stereocenters. The van der Waals surface area contributed by atoms with Gasteiger partial charge in [-0.2, -0.15) is 0 Å². The van der Waals surface area contributed by atoms with Crippen molar-refractivity contribution in [1.29, 1.82) is 0 Å². The Balaban J connectivity index is 0.834. The first-order valence-electron chi connectivity index (χ1n) is 28.9. The molecule has 0 spiro atoms. The summed E-state index contributed by atoms with van der Waals surface area (Å²) in [6, 6.07) is 108. The molecule has 0 fully saturated rings. The fraction of sp³-hybridized carbons (Fsp3) is 0.